The number of aliphatic carboxylic acids is 1. The highest BCUT2D eigenvalue weighted by molar-refractivity contribution is 6.32. The van der Waals surface area contributed by atoms with Gasteiger partial charge < -0.3 is 10.2 Å². The monoisotopic (exact) mass is 349 g/mol. The lowest BCUT2D eigenvalue weighted by Crippen LogP contribution is -2.34. The van der Waals surface area contributed by atoms with Crippen LogP contribution in [0.1, 0.15) is 30.0 Å². The Morgan fingerprint density at radius 3 is 3.00 bits per heavy atom. The molecular formula is C17H20ClN3O3. The second-order valence-electron chi connectivity index (χ2n) is 6.16. The van der Waals surface area contributed by atoms with Gasteiger partial charge in [0.25, 0.3) is 0 Å². The Hall–Kier alpha value is -2.05. The zero-order chi connectivity index (χ0) is 17.1. The first-order chi connectivity index (χ1) is 11.5. The molecule has 0 spiro atoms. The van der Waals surface area contributed by atoms with Crippen molar-refractivity contribution in [3.8, 4) is 5.75 Å². The largest absolute Gasteiger partial charge is 0.506 e. The molecule has 128 valence electrons. The van der Waals surface area contributed by atoms with Crippen LogP contribution >= 0.6 is 11.6 Å². The summed E-state index contributed by atoms with van der Waals surface area (Å²) in [5.41, 5.74) is 1.84. The number of aromatic nitrogens is 2. The lowest BCUT2D eigenvalue weighted by Gasteiger charge is -2.32. The van der Waals surface area contributed by atoms with Crippen LogP contribution in [0, 0.1) is 0 Å². The fraction of sp³-hybridized carbons (Fsp3) is 0.412. The van der Waals surface area contributed by atoms with Crippen molar-refractivity contribution in [2.24, 2.45) is 0 Å². The highest BCUT2D eigenvalue weighted by Crippen LogP contribution is 2.30. The lowest BCUT2D eigenvalue weighted by atomic mass is 9.94. The minimum absolute atomic E-state index is 0.107. The van der Waals surface area contributed by atoms with Crippen LogP contribution in [0.25, 0.3) is 0 Å². The molecule has 1 aliphatic heterocycles. The van der Waals surface area contributed by atoms with E-state index in [0.717, 1.165) is 37.2 Å². The Labute approximate surface area is 145 Å². The van der Waals surface area contributed by atoms with Gasteiger partial charge in [-0.15, -0.1) is 0 Å². The van der Waals surface area contributed by atoms with Crippen LogP contribution in [0.4, 0.5) is 0 Å². The molecule has 0 radical (unpaired) electrons. The Bertz CT molecular complexity index is 732. The summed E-state index contributed by atoms with van der Waals surface area (Å²) in [6, 6.07) is 7.21. The number of rotatable bonds is 5. The van der Waals surface area contributed by atoms with Crippen molar-refractivity contribution in [3.05, 3.63) is 46.7 Å². The summed E-state index contributed by atoms with van der Waals surface area (Å²) in [6.07, 6.45) is 3.80. The highest BCUT2D eigenvalue weighted by atomic mass is 35.5. The fourth-order valence-corrected chi connectivity index (χ4v) is 3.38. The molecule has 1 fully saturated rings. The number of hydrogen-bond donors (Lipinski definition) is 2. The fourth-order valence-electron chi connectivity index (χ4n) is 3.19. The molecule has 1 saturated heterocycles. The molecule has 2 heterocycles. The van der Waals surface area contributed by atoms with Gasteiger partial charge in [0, 0.05) is 25.2 Å². The maximum atomic E-state index is 10.8. The Morgan fingerprint density at radius 1 is 1.38 bits per heavy atom. The first kappa shape index (κ1) is 16.8. The summed E-state index contributed by atoms with van der Waals surface area (Å²) in [4.78, 5) is 13.1. The van der Waals surface area contributed by atoms with E-state index in [2.05, 4.69) is 10.00 Å². The topological polar surface area (TPSA) is 78.6 Å². The second kappa shape index (κ2) is 7.23. The van der Waals surface area contributed by atoms with Gasteiger partial charge in [0.15, 0.2) is 0 Å². The molecule has 7 heteroatoms. The predicted octanol–water partition coefficient (Wildman–Crippen LogP) is 2.71. The van der Waals surface area contributed by atoms with Gasteiger partial charge >= 0.3 is 5.97 Å². The molecule has 1 atom stereocenters. The number of carboxylic acids is 1. The molecule has 3 rings (SSSR count). The smallest absolute Gasteiger partial charge is 0.325 e. The van der Waals surface area contributed by atoms with Crippen molar-refractivity contribution in [2.75, 3.05) is 13.1 Å². The first-order valence-corrected chi connectivity index (χ1v) is 8.34. The first-order valence-electron chi connectivity index (χ1n) is 7.97. The van der Waals surface area contributed by atoms with Gasteiger partial charge in [0.2, 0.25) is 0 Å². The number of halogens is 1. The average Bonchev–Trinajstić information content (AvgIpc) is 3.00. The number of piperidine rings is 1. The molecule has 0 bridgehead atoms. The van der Waals surface area contributed by atoms with E-state index in [0.29, 0.717) is 11.6 Å². The molecule has 1 aromatic carbocycles. The van der Waals surface area contributed by atoms with E-state index < -0.39 is 5.97 Å². The van der Waals surface area contributed by atoms with E-state index in [9.17, 15) is 9.90 Å². The van der Waals surface area contributed by atoms with Crippen LogP contribution in [-0.2, 0) is 17.9 Å². The SMILES string of the molecule is O=C(O)Cn1ccc([C@H]2CCCN(Cc3cccc(O)c3Cl)C2)n1. The summed E-state index contributed by atoms with van der Waals surface area (Å²) in [5, 5.41) is 23.4. The number of nitrogens with zero attached hydrogens (tertiary/aromatic N) is 3. The maximum absolute atomic E-state index is 10.8. The van der Waals surface area contributed by atoms with Gasteiger partial charge in [-0.2, -0.15) is 5.10 Å². The summed E-state index contributed by atoms with van der Waals surface area (Å²) in [5.74, 6) is -0.506. The average molecular weight is 350 g/mol. The van der Waals surface area contributed by atoms with E-state index in [1.807, 2.05) is 12.1 Å². The van der Waals surface area contributed by atoms with E-state index in [1.165, 1.54) is 4.68 Å². The van der Waals surface area contributed by atoms with Gasteiger partial charge in [-0.1, -0.05) is 23.7 Å². The standard InChI is InChI=1S/C17H20ClN3O3/c18-17-13(3-1-5-15(17)22)10-20-7-2-4-12(9-20)14-6-8-21(19-14)11-16(23)24/h1,3,5-6,8,12,22H,2,4,7,9-11H2,(H,23,24)/t12-/m0/s1. The molecule has 6 nitrogen and oxygen atoms in total. The van der Waals surface area contributed by atoms with Crippen LogP contribution in [0.5, 0.6) is 5.75 Å². The summed E-state index contributed by atoms with van der Waals surface area (Å²) in [6.45, 7) is 2.38. The van der Waals surface area contributed by atoms with Crippen LogP contribution in [0.3, 0.4) is 0 Å². The van der Waals surface area contributed by atoms with Gasteiger partial charge in [0.05, 0.1) is 10.7 Å². The van der Waals surface area contributed by atoms with Gasteiger partial charge in [-0.25, -0.2) is 0 Å². The zero-order valence-corrected chi connectivity index (χ0v) is 14.0. The second-order valence-corrected chi connectivity index (χ2v) is 6.53. The third kappa shape index (κ3) is 3.88. The number of phenols is 1. The summed E-state index contributed by atoms with van der Waals surface area (Å²) >= 11 is 6.17. The zero-order valence-electron chi connectivity index (χ0n) is 13.2. The van der Waals surface area contributed by atoms with E-state index in [-0.39, 0.29) is 18.2 Å². The molecule has 1 aromatic heterocycles. The third-order valence-corrected chi connectivity index (χ3v) is 4.77. The maximum Gasteiger partial charge on any atom is 0.325 e. The number of carboxylic acid groups (broad SMARTS) is 1. The van der Waals surface area contributed by atoms with Crippen molar-refractivity contribution < 1.29 is 15.0 Å². The Morgan fingerprint density at radius 2 is 2.21 bits per heavy atom. The van der Waals surface area contributed by atoms with E-state index >= 15 is 0 Å². The normalized spacial score (nSPS) is 18.6. The summed E-state index contributed by atoms with van der Waals surface area (Å²) in [7, 11) is 0. The van der Waals surface area contributed by atoms with Crippen LogP contribution in [-0.4, -0.2) is 44.0 Å². The van der Waals surface area contributed by atoms with Crippen molar-refractivity contribution in [1.82, 2.24) is 14.7 Å². The molecule has 0 unspecified atom stereocenters. The highest BCUT2D eigenvalue weighted by Gasteiger charge is 2.24. The molecule has 24 heavy (non-hydrogen) atoms. The van der Waals surface area contributed by atoms with Gasteiger partial charge in [-0.05, 0) is 37.1 Å². The molecule has 2 N–H and O–H groups in total. The predicted molar refractivity (Wildman–Crippen MR) is 90.2 cm³/mol. The lowest BCUT2D eigenvalue weighted by molar-refractivity contribution is -0.137. The van der Waals surface area contributed by atoms with Crippen molar-refractivity contribution >= 4 is 17.6 Å². The Balaban J connectivity index is 1.67. The van der Waals surface area contributed by atoms with E-state index in [1.54, 1.807) is 18.3 Å². The summed E-state index contributed by atoms with van der Waals surface area (Å²) < 4.78 is 1.46. The molecule has 0 saturated carbocycles. The number of aromatic hydroxyl groups is 1. The van der Waals surface area contributed by atoms with Crippen LogP contribution < -0.4 is 0 Å². The number of phenolic OH excluding ortho intramolecular Hbond substituents is 1. The van der Waals surface area contributed by atoms with Crippen molar-refractivity contribution in [3.63, 3.8) is 0 Å². The molecule has 0 aliphatic carbocycles. The number of hydrogen-bond acceptors (Lipinski definition) is 4. The molecule has 2 aromatic rings. The Kier molecular flexibility index (Phi) is 5.06. The third-order valence-electron chi connectivity index (χ3n) is 4.33. The quantitative estimate of drug-likeness (QED) is 0.867. The molecular weight excluding hydrogens is 330 g/mol. The van der Waals surface area contributed by atoms with Gasteiger partial charge in [-0.3, -0.25) is 14.4 Å². The van der Waals surface area contributed by atoms with Crippen LogP contribution in [0.2, 0.25) is 5.02 Å². The van der Waals surface area contributed by atoms with Crippen molar-refractivity contribution in [1.29, 1.82) is 0 Å². The number of benzene rings is 1. The molecule has 1 aliphatic rings. The van der Waals surface area contributed by atoms with Gasteiger partial charge in [0.1, 0.15) is 12.3 Å². The van der Waals surface area contributed by atoms with E-state index in [4.69, 9.17) is 16.7 Å². The minimum atomic E-state index is -0.895. The van der Waals surface area contributed by atoms with Crippen LogP contribution in [0.15, 0.2) is 30.5 Å². The van der Waals surface area contributed by atoms with Crippen molar-refractivity contribution in [2.45, 2.75) is 31.8 Å². The number of carbonyl (C=O) groups is 1. The number of likely N-dealkylation sites (tertiary alicyclic amines) is 1. The minimum Gasteiger partial charge on any atom is -0.506 e. The molecule has 0 amide bonds.